The zero-order valence-corrected chi connectivity index (χ0v) is 13.5. The lowest BCUT2D eigenvalue weighted by atomic mass is 10.1. The van der Waals surface area contributed by atoms with E-state index in [0.717, 1.165) is 23.2 Å². The highest BCUT2D eigenvalue weighted by molar-refractivity contribution is 6.04. The van der Waals surface area contributed by atoms with E-state index in [4.69, 9.17) is 0 Å². The molecule has 0 aliphatic heterocycles. The van der Waals surface area contributed by atoms with Crippen molar-refractivity contribution in [1.82, 2.24) is 9.97 Å². The monoisotopic (exact) mass is 298 g/mol. The summed E-state index contributed by atoms with van der Waals surface area (Å²) in [6, 6.07) is 6.26. The van der Waals surface area contributed by atoms with E-state index >= 15 is 0 Å². The van der Waals surface area contributed by atoms with Crippen LogP contribution < -0.4 is 10.6 Å². The summed E-state index contributed by atoms with van der Waals surface area (Å²) in [5, 5.41) is 6.07. The first-order valence-corrected chi connectivity index (χ1v) is 7.46. The minimum Gasteiger partial charge on any atom is -0.352 e. The third-order valence-corrected chi connectivity index (χ3v) is 3.54. The molecule has 1 aromatic heterocycles. The summed E-state index contributed by atoms with van der Waals surface area (Å²) < 4.78 is 0. The molecule has 0 radical (unpaired) electrons. The molecule has 0 aliphatic carbocycles. The topological polar surface area (TPSA) is 66.9 Å². The third-order valence-electron chi connectivity index (χ3n) is 3.54. The smallest absolute Gasteiger partial charge is 0.258 e. The molecule has 0 saturated carbocycles. The van der Waals surface area contributed by atoms with E-state index in [9.17, 15) is 4.79 Å². The maximum atomic E-state index is 12.3. The summed E-state index contributed by atoms with van der Waals surface area (Å²) in [5.74, 6) is 0.335. The molecule has 0 aliphatic rings. The van der Waals surface area contributed by atoms with Crippen LogP contribution in [-0.2, 0) is 0 Å². The molecule has 1 atom stereocenters. The third kappa shape index (κ3) is 4.04. The van der Waals surface area contributed by atoms with Gasteiger partial charge in [0.2, 0.25) is 5.95 Å². The molecule has 1 unspecified atom stereocenters. The van der Waals surface area contributed by atoms with Crippen molar-refractivity contribution >= 4 is 17.5 Å². The minimum absolute atomic E-state index is 0.205. The Morgan fingerprint density at radius 2 is 1.91 bits per heavy atom. The molecule has 0 spiro atoms. The van der Waals surface area contributed by atoms with Crippen molar-refractivity contribution in [3.63, 3.8) is 0 Å². The van der Waals surface area contributed by atoms with Gasteiger partial charge in [0, 0.05) is 24.1 Å². The highest BCUT2D eigenvalue weighted by atomic mass is 16.1. The van der Waals surface area contributed by atoms with Crippen LogP contribution in [-0.4, -0.2) is 21.9 Å². The quantitative estimate of drug-likeness (QED) is 0.885. The first kappa shape index (κ1) is 15.9. The van der Waals surface area contributed by atoms with Crippen LogP contribution in [0.5, 0.6) is 0 Å². The molecule has 0 saturated heterocycles. The van der Waals surface area contributed by atoms with Gasteiger partial charge in [0.15, 0.2) is 0 Å². The zero-order chi connectivity index (χ0) is 16.1. The predicted molar refractivity (Wildman–Crippen MR) is 89.3 cm³/mol. The molecule has 2 rings (SSSR count). The summed E-state index contributed by atoms with van der Waals surface area (Å²) in [5.41, 5.74) is 3.38. The van der Waals surface area contributed by atoms with Gasteiger partial charge >= 0.3 is 0 Å². The van der Waals surface area contributed by atoms with E-state index in [1.165, 1.54) is 12.4 Å². The Kier molecular flexibility index (Phi) is 5.09. The maximum Gasteiger partial charge on any atom is 0.258 e. The summed E-state index contributed by atoms with van der Waals surface area (Å²) in [6.07, 6.45) is 4.06. The Hall–Kier alpha value is -2.43. The number of nitrogens with zero attached hydrogens (tertiary/aromatic N) is 2. The lowest BCUT2D eigenvalue weighted by Crippen LogP contribution is -2.17. The highest BCUT2D eigenvalue weighted by Crippen LogP contribution is 2.17. The van der Waals surface area contributed by atoms with Crippen LogP contribution in [0.1, 0.15) is 41.8 Å². The average molecular weight is 298 g/mol. The van der Waals surface area contributed by atoms with Crippen molar-refractivity contribution in [3.8, 4) is 0 Å². The van der Waals surface area contributed by atoms with Gasteiger partial charge in [-0.05, 0) is 44.4 Å². The zero-order valence-electron chi connectivity index (χ0n) is 13.5. The number of anilines is 2. The van der Waals surface area contributed by atoms with Crippen molar-refractivity contribution < 1.29 is 4.79 Å². The van der Waals surface area contributed by atoms with Crippen molar-refractivity contribution in [2.24, 2.45) is 0 Å². The largest absolute Gasteiger partial charge is 0.352 e. The SMILES string of the molecule is CCC(C)Nc1ncc(C(=O)Nc2cc(C)ccc2C)cn1. The number of nitrogens with one attached hydrogen (secondary N) is 2. The molecular formula is C17H22N4O. The van der Waals surface area contributed by atoms with Crippen LogP contribution in [0.15, 0.2) is 30.6 Å². The fourth-order valence-corrected chi connectivity index (χ4v) is 1.91. The first-order chi connectivity index (χ1) is 10.5. The van der Waals surface area contributed by atoms with Gasteiger partial charge in [0.05, 0.1) is 5.56 Å². The molecule has 1 aromatic carbocycles. The Bertz CT molecular complexity index is 652. The Morgan fingerprint density at radius 3 is 2.55 bits per heavy atom. The predicted octanol–water partition coefficient (Wildman–Crippen LogP) is 3.56. The molecule has 1 heterocycles. The molecule has 0 fully saturated rings. The van der Waals surface area contributed by atoms with Gasteiger partial charge in [-0.1, -0.05) is 19.1 Å². The molecule has 0 bridgehead atoms. The molecule has 2 N–H and O–H groups in total. The molecule has 22 heavy (non-hydrogen) atoms. The van der Waals surface area contributed by atoms with Gasteiger partial charge in [-0.2, -0.15) is 0 Å². The molecule has 5 heteroatoms. The number of hydrogen-bond acceptors (Lipinski definition) is 4. The van der Waals surface area contributed by atoms with E-state index < -0.39 is 0 Å². The molecular weight excluding hydrogens is 276 g/mol. The number of aryl methyl sites for hydroxylation is 2. The number of aromatic nitrogens is 2. The lowest BCUT2D eigenvalue weighted by molar-refractivity contribution is 0.102. The minimum atomic E-state index is -0.205. The maximum absolute atomic E-state index is 12.3. The summed E-state index contributed by atoms with van der Waals surface area (Å²) in [7, 11) is 0. The van der Waals surface area contributed by atoms with Gasteiger partial charge in [-0.3, -0.25) is 4.79 Å². The van der Waals surface area contributed by atoms with Crippen molar-refractivity contribution in [2.75, 3.05) is 10.6 Å². The molecule has 116 valence electrons. The van der Waals surface area contributed by atoms with Crippen molar-refractivity contribution in [1.29, 1.82) is 0 Å². The van der Waals surface area contributed by atoms with Crippen LogP contribution in [0.4, 0.5) is 11.6 Å². The number of carbonyl (C=O) groups excluding carboxylic acids is 1. The van der Waals surface area contributed by atoms with Gasteiger partial charge < -0.3 is 10.6 Å². The average Bonchev–Trinajstić information content (AvgIpc) is 2.51. The number of hydrogen-bond donors (Lipinski definition) is 2. The van der Waals surface area contributed by atoms with Crippen LogP contribution in [0.3, 0.4) is 0 Å². The summed E-state index contributed by atoms with van der Waals surface area (Å²) >= 11 is 0. The first-order valence-electron chi connectivity index (χ1n) is 7.46. The van der Waals surface area contributed by atoms with E-state index in [2.05, 4.69) is 34.4 Å². The summed E-state index contributed by atoms with van der Waals surface area (Å²) in [6.45, 7) is 8.10. The van der Waals surface area contributed by atoms with Crippen molar-refractivity contribution in [3.05, 3.63) is 47.3 Å². The van der Waals surface area contributed by atoms with E-state index in [1.807, 2.05) is 32.0 Å². The second kappa shape index (κ2) is 7.02. The van der Waals surface area contributed by atoms with Gasteiger partial charge in [-0.25, -0.2) is 9.97 Å². The molecule has 5 nitrogen and oxygen atoms in total. The number of carbonyl (C=O) groups is 1. The van der Waals surface area contributed by atoms with Crippen LogP contribution in [0, 0.1) is 13.8 Å². The van der Waals surface area contributed by atoms with Gasteiger partial charge in [-0.15, -0.1) is 0 Å². The molecule has 1 amide bonds. The Balaban J connectivity index is 2.08. The van der Waals surface area contributed by atoms with Gasteiger partial charge in [0.1, 0.15) is 0 Å². The fourth-order valence-electron chi connectivity index (χ4n) is 1.91. The Labute approximate surface area is 131 Å². The van der Waals surface area contributed by atoms with Crippen LogP contribution in [0.25, 0.3) is 0 Å². The van der Waals surface area contributed by atoms with E-state index in [-0.39, 0.29) is 5.91 Å². The second-order valence-corrected chi connectivity index (χ2v) is 5.52. The summed E-state index contributed by atoms with van der Waals surface area (Å²) in [4.78, 5) is 20.6. The van der Waals surface area contributed by atoms with E-state index in [0.29, 0.717) is 17.6 Å². The number of amides is 1. The van der Waals surface area contributed by atoms with Crippen LogP contribution in [0.2, 0.25) is 0 Å². The lowest BCUT2D eigenvalue weighted by Gasteiger charge is -2.11. The number of benzene rings is 1. The van der Waals surface area contributed by atoms with Gasteiger partial charge in [0.25, 0.3) is 5.91 Å². The van der Waals surface area contributed by atoms with Crippen LogP contribution >= 0.6 is 0 Å². The highest BCUT2D eigenvalue weighted by Gasteiger charge is 2.10. The second-order valence-electron chi connectivity index (χ2n) is 5.52. The van der Waals surface area contributed by atoms with Crippen molar-refractivity contribution in [2.45, 2.75) is 40.2 Å². The molecule has 2 aromatic rings. The fraction of sp³-hybridized carbons (Fsp3) is 0.353. The normalized spacial score (nSPS) is 11.8. The number of rotatable bonds is 5. The Morgan fingerprint density at radius 1 is 1.23 bits per heavy atom. The van der Waals surface area contributed by atoms with E-state index in [1.54, 1.807) is 0 Å². The standard InChI is InChI=1S/C17H22N4O/c1-5-13(4)20-17-18-9-14(10-19-17)16(22)21-15-8-11(2)6-7-12(15)3/h6-10,13H,5H2,1-4H3,(H,21,22)(H,18,19,20).